The number of rotatable bonds is 5. The van der Waals surface area contributed by atoms with E-state index in [1.165, 1.54) is 16.8 Å². The van der Waals surface area contributed by atoms with Gasteiger partial charge in [0, 0.05) is 42.3 Å². The van der Waals surface area contributed by atoms with Gasteiger partial charge in [-0.05, 0) is 25.1 Å². The summed E-state index contributed by atoms with van der Waals surface area (Å²) >= 11 is 0. The molecule has 0 saturated heterocycles. The first-order chi connectivity index (χ1) is 13.5. The Kier molecular flexibility index (Phi) is 4.52. The van der Waals surface area contributed by atoms with E-state index < -0.39 is 0 Å². The van der Waals surface area contributed by atoms with Crippen molar-refractivity contribution in [2.45, 2.75) is 26.3 Å². The van der Waals surface area contributed by atoms with Crippen LogP contribution in [-0.4, -0.2) is 30.3 Å². The summed E-state index contributed by atoms with van der Waals surface area (Å²) in [5.41, 5.74) is 2.68. The molecule has 8 heteroatoms. The molecule has 28 heavy (non-hydrogen) atoms. The zero-order valence-electron chi connectivity index (χ0n) is 15.6. The highest BCUT2D eigenvalue weighted by Crippen LogP contribution is 2.17. The van der Waals surface area contributed by atoms with E-state index in [0.29, 0.717) is 29.1 Å². The van der Waals surface area contributed by atoms with Crippen LogP contribution in [0.15, 0.2) is 59.7 Å². The van der Waals surface area contributed by atoms with E-state index >= 15 is 0 Å². The highest BCUT2D eigenvalue weighted by molar-refractivity contribution is 6.08. The number of hydrogen-bond acceptors (Lipinski definition) is 4. The summed E-state index contributed by atoms with van der Waals surface area (Å²) in [6.45, 7) is 4.55. The number of aromatic nitrogens is 5. The Morgan fingerprint density at radius 3 is 2.75 bits per heavy atom. The SMILES string of the molecule is Cc1ccnn1C[C@@H](C)c1cc(=O)n2[nH]cc(C(=O)Nc3ccccc3)c2n1. The summed E-state index contributed by atoms with van der Waals surface area (Å²) < 4.78 is 3.14. The molecule has 0 bridgehead atoms. The molecular weight excluding hydrogens is 356 g/mol. The Hall–Kier alpha value is -3.68. The average Bonchev–Trinajstić information content (AvgIpc) is 3.29. The minimum atomic E-state index is -0.329. The van der Waals surface area contributed by atoms with Gasteiger partial charge in [-0.1, -0.05) is 25.1 Å². The van der Waals surface area contributed by atoms with E-state index in [4.69, 9.17) is 0 Å². The van der Waals surface area contributed by atoms with E-state index in [9.17, 15) is 9.59 Å². The van der Waals surface area contributed by atoms with Gasteiger partial charge in [-0.15, -0.1) is 0 Å². The van der Waals surface area contributed by atoms with Crippen LogP contribution >= 0.6 is 0 Å². The maximum Gasteiger partial charge on any atom is 0.272 e. The Morgan fingerprint density at radius 1 is 1.25 bits per heavy atom. The lowest BCUT2D eigenvalue weighted by Gasteiger charge is -2.12. The van der Waals surface area contributed by atoms with Crippen LogP contribution < -0.4 is 10.9 Å². The second-order valence-electron chi connectivity index (χ2n) is 6.74. The molecule has 0 aliphatic rings. The first-order valence-electron chi connectivity index (χ1n) is 8.99. The minimum absolute atomic E-state index is 0.0452. The second kappa shape index (κ2) is 7.15. The van der Waals surface area contributed by atoms with Crippen molar-refractivity contribution >= 4 is 17.2 Å². The standard InChI is InChI=1S/C20H20N6O2/c1-13(12-25-14(2)8-9-21-25)17-10-18(27)26-19(24-17)16(11-22-26)20(28)23-15-6-4-3-5-7-15/h3-11,13,22H,12H2,1-2H3,(H,23,28)/t13-/m1/s1. The van der Waals surface area contributed by atoms with Gasteiger partial charge in [-0.3, -0.25) is 19.4 Å². The third-order valence-electron chi connectivity index (χ3n) is 4.67. The number of carbonyl (C=O) groups is 1. The van der Waals surface area contributed by atoms with Crippen molar-refractivity contribution in [3.8, 4) is 0 Å². The van der Waals surface area contributed by atoms with Gasteiger partial charge in [0.15, 0.2) is 5.65 Å². The minimum Gasteiger partial charge on any atom is -0.322 e. The van der Waals surface area contributed by atoms with Gasteiger partial charge in [0.05, 0.1) is 5.69 Å². The number of carbonyl (C=O) groups excluding carboxylic acids is 1. The van der Waals surface area contributed by atoms with E-state index in [1.807, 2.05) is 42.8 Å². The summed E-state index contributed by atoms with van der Waals surface area (Å²) in [5.74, 6) is -0.374. The molecule has 0 unspecified atom stereocenters. The average molecular weight is 376 g/mol. The number of aromatic amines is 1. The molecule has 0 spiro atoms. The third kappa shape index (κ3) is 3.32. The molecule has 1 atom stereocenters. The van der Waals surface area contributed by atoms with Gasteiger partial charge < -0.3 is 5.32 Å². The number of anilines is 1. The van der Waals surface area contributed by atoms with Crippen molar-refractivity contribution in [2.24, 2.45) is 0 Å². The fraction of sp³-hybridized carbons (Fsp3) is 0.200. The predicted molar refractivity (Wildman–Crippen MR) is 106 cm³/mol. The van der Waals surface area contributed by atoms with Crippen LogP contribution in [0.2, 0.25) is 0 Å². The molecule has 3 aromatic heterocycles. The number of nitrogens with one attached hydrogen (secondary N) is 2. The van der Waals surface area contributed by atoms with Crippen molar-refractivity contribution in [1.82, 2.24) is 24.4 Å². The molecule has 0 radical (unpaired) electrons. The molecule has 2 N–H and O–H groups in total. The Bertz CT molecular complexity index is 1190. The zero-order valence-corrected chi connectivity index (χ0v) is 15.6. The number of amides is 1. The lowest BCUT2D eigenvalue weighted by Crippen LogP contribution is -2.20. The van der Waals surface area contributed by atoms with E-state index in [-0.39, 0.29) is 17.4 Å². The summed E-state index contributed by atoms with van der Waals surface area (Å²) in [5, 5.41) is 9.91. The van der Waals surface area contributed by atoms with Crippen LogP contribution in [0.25, 0.3) is 5.65 Å². The molecule has 0 aliphatic carbocycles. The zero-order chi connectivity index (χ0) is 19.7. The molecular formula is C20H20N6O2. The monoisotopic (exact) mass is 376 g/mol. The van der Waals surface area contributed by atoms with E-state index in [1.54, 1.807) is 18.3 Å². The summed E-state index contributed by atoms with van der Waals surface area (Å²) in [7, 11) is 0. The molecule has 4 rings (SSSR count). The first-order valence-corrected chi connectivity index (χ1v) is 8.99. The molecule has 0 saturated carbocycles. The van der Waals surface area contributed by atoms with Crippen molar-refractivity contribution < 1.29 is 4.79 Å². The van der Waals surface area contributed by atoms with Gasteiger partial charge in [-0.25, -0.2) is 9.50 Å². The normalized spacial score (nSPS) is 12.2. The van der Waals surface area contributed by atoms with Crippen molar-refractivity contribution in [2.75, 3.05) is 5.32 Å². The Labute approximate surface area is 160 Å². The van der Waals surface area contributed by atoms with Gasteiger partial charge in [0.25, 0.3) is 11.5 Å². The first kappa shape index (κ1) is 17.7. The largest absolute Gasteiger partial charge is 0.322 e. The maximum absolute atomic E-state index is 12.7. The molecule has 1 amide bonds. The van der Waals surface area contributed by atoms with Crippen LogP contribution in [0.1, 0.15) is 34.6 Å². The smallest absolute Gasteiger partial charge is 0.272 e. The fourth-order valence-electron chi connectivity index (χ4n) is 3.08. The van der Waals surface area contributed by atoms with Crippen molar-refractivity contribution in [3.05, 3.63) is 82.2 Å². The molecule has 0 fully saturated rings. The van der Waals surface area contributed by atoms with Gasteiger partial charge in [0.1, 0.15) is 5.56 Å². The molecule has 0 aliphatic heterocycles. The number of benzene rings is 1. The number of para-hydroxylation sites is 1. The summed E-state index contributed by atoms with van der Waals surface area (Å²) in [4.78, 5) is 29.8. The third-order valence-corrected chi connectivity index (χ3v) is 4.67. The quantitative estimate of drug-likeness (QED) is 0.559. The van der Waals surface area contributed by atoms with Gasteiger partial charge in [-0.2, -0.15) is 5.10 Å². The van der Waals surface area contributed by atoms with Crippen LogP contribution in [0.5, 0.6) is 0 Å². The van der Waals surface area contributed by atoms with E-state index in [0.717, 1.165) is 5.69 Å². The molecule has 142 valence electrons. The Morgan fingerprint density at radius 2 is 2.04 bits per heavy atom. The topological polar surface area (TPSA) is 97.1 Å². The lowest BCUT2D eigenvalue weighted by atomic mass is 10.1. The van der Waals surface area contributed by atoms with Crippen molar-refractivity contribution in [3.63, 3.8) is 0 Å². The molecule has 4 aromatic rings. The number of fused-ring (bicyclic) bond motifs is 1. The highest BCUT2D eigenvalue weighted by atomic mass is 16.2. The van der Waals surface area contributed by atoms with Crippen LogP contribution in [0, 0.1) is 6.92 Å². The number of H-pyrrole nitrogens is 1. The maximum atomic E-state index is 12.7. The predicted octanol–water partition coefficient (Wildman–Crippen LogP) is 2.58. The van der Waals surface area contributed by atoms with Crippen molar-refractivity contribution in [1.29, 1.82) is 0 Å². The fourth-order valence-corrected chi connectivity index (χ4v) is 3.08. The molecule has 1 aromatic carbocycles. The number of nitrogens with zero attached hydrogens (tertiary/aromatic N) is 4. The number of aryl methyl sites for hydroxylation is 1. The highest BCUT2D eigenvalue weighted by Gasteiger charge is 2.18. The van der Waals surface area contributed by atoms with Gasteiger partial charge >= 0.3 is 0 Å². The summed E-state index contributed by atoms with van der Waals surface area (Å²) in [6.07, 6.45) is 3.24. The van der Waals surface area contributed by atoms with E-state index in [2.05, 4.69) is 20.5 Å². The second-order valence-corrected chi connectivity index (χ2v) is 6.74. The van der Waals surface area contributed by atoms with Gasteiger partial charge in [0.2, 0.25) is 0 Å². The van der Waals surface area contributed by atoms with Crippen LogP contribution in [0.4, 0.5) is 5.69 Å². The lowest BCUT2D eigenvalue weighted by molar-refractivity contribution is 0.102. The van der Waals surface area contributed by atoms with Crippen LogP contribution in [0.3, 0.4) is 0 Å². The molecule has 3 heterocycles. The van der Waals surface area contributed by atoms with Crippen LogP contribution in [-0.2, 0) is 6.54 Å². The number of hydrogen-bond donors (Lipinski definition) is 2. The molecule has 8 nitrogen and oxygen atoms in total. The summed E-state index contributed by atoms with van der Waals surface area (Å²) in [6, 6.07) is 12.6. The Balaban J connectivity index is 1.67.